The molecule has 2 aromatic carbocycles. The molecule has 146 valence electrons. The summed E-state index contributed by atoms with van der Waals surface area (Å²) in [5.74, 6) is 0.677. The van der Waals surface area contributed by atoms with Crippen molar-refractivity contribution in [3.8, 4) is 0 Å². The molecule has 0 aliphatic carbocycles. The summed E-state index contributed by atoms with van der Waals surface area (Å²) in [6.07, 6.45) is 0.649. The zero-order valence-corrected chi connectivity index (χ0v) is 16.7. The molecule has 1 atom stereocenters. The Labute approximate surface area is 168 Å². The second-order valence-corrected chi connectivity index (χ2v) is 7.57. The van der Waals surface area contributed by atoms with Gasteiger partial charge in [-0.05, 0) is 29.2 Å². The van der Waals surface area contributed by atoms with E-state index in [2.05, 4.69) is 29.3 Å². The largest absolute Gasteiger partial charge is 0.416 e. The molecule has 1 unspecified atom stereocenters. The highest BCUT2D eigenvalue weighted by molar-refractivity contribution is 7.99. The van der Waals surface area contributed by atoms with Crippen molar-refractivity contribution in [2.45, 2.75) is 31.0 Å². The van der Waals surface area contributed by atoms with Crippen LogP contribution < -0.4 is 0 Å². The summed E-state index contributed by atoms with van der Waals surface area (Å²) in [5, 5.41) is 8.49. The number of carbonyl (C=O) groups excluding carboxylic acids is 1. The van der Waals surface area contributed by atoms with Gasteiger partial charge in [-0.3, -0.25) is 4.79 Å². The fraction of sp³-hybridized carbons (Fsp3) is 0.286. The highest BCUT2D eigenvalue weighted by atomic mass is 32.2. The highest BCUT2D eigenvalue weighted by Gasteiger charge is 2.15. The minimum absolute atomic E-state index is 0.0632. The van der Waals surface area contributed by atoms with Gasteiger partial charge in [-0.2, -0.15) is 0 Å². The number of hydrogen-bond donors (Lipinski definition) is 0. The van der Waals surface area contributed by atoms with E-state index in [-0.39, 0.29) is 23.4 Å². The predicted molar refractivity (Wildman–Crippen MR) is 106 cm³/mol. The minimum atomic E-state index is -0.290. The van der Waals surface area contributed by atoms with Crippen molar-refractivity contribution in [2.24, 2.45) is 0 Å². The molecule has 0 bridgehead atoms. The molecule has 3 rings (SSSR count). The van der Waals surface area contributed by atoms with Crippen LogP contribution in [0.15, 0.2) is 64.2 Å². The van der Waals surface area contributed by atoms with Crippen LogP contribution in [0.1, 0.15) is 29.9 Å². The molecule has 0 saturated carbocycles. The summed E-state index contributed by atoms with van der Waals surface area (Å²) in [4.78, 5) is 13.9. The third kappa shape index (κ3) is 5.66. The molecule has 0 radical (unpaired) electrons. The van der Waals surface area contributed by atoms with Crippen LogP contribution >= 0.6 is 11.8 Å². The van der Waals surface area contributed by atoms with Gasteiger partial charge in [0.15, 0.2) is 0 Å². The van der Waals surface area contributed by atoms with Crippen LogP contribution in [0, 0.1) is 5.82 Å². The predicted octanol–water partition coefficient (Wildman–Crippen LogP) is 4.31. The summed E-state index contributed by atoms with van der Waals surface area (Å²) in [7, 11) is 1.72. The van der Waals surface area contributed by atoms with Crippen molar-refractivity contribution >= 4 is 17.7 Å². The fourth-order valence-electron chi connectivity index (χ4n) is 2.73. The van der Waals surface area contributed by atoms with Crippen LogP contribution in [-0.4, -0.2) is 33.8 Å². The first kappa shape index (κ1) is 20.1. The number of carbonyl (C=O) groups is 1. The van der Waals surface area contributed by atoms with E-state index in [0.29, 0.717) is 24.1 Å². The van der Waals surface area contributed by atoms with Gasteiger partial charge in [-0.1, -0.05) is 61.2 Å². The molecule has 1 amide bonds. The van der Waals surface area contributed by atoms with Gasteiger partial charge in [-0.15, -0.1) is 10.2 Å². The lowest BCUT2D eigenvalue weighted by atomic mass is 9.98. The first-order valence-electron chi connectivity index (χ1n) is 9.00. The van der Waals surface area contributed by atoms with Crippen molar-refractivity contribution in [1.82, 2.24) is 15.1 Å². The van der Waals surface area contributed by atoms with Crippen molar-refractivity contribution in [3.05, 3.63) is 77.4 Å². The molecule has 7 heteroatoms. The molecule has 0 spiro atoms. The van der Waals surface area contributed by atoms with Crippen molar-refractivity contribution in [3.63, 3.8) is 0 Å². The summed E-state index contributed by atoms with van der Waals surface area (Å²) in [6, 6.07) is 16.3. The fourth-order valence-corrected chi connectivity index (χ4v) is 3.45. The van der Waals surface area contributed by atoms with Crippen LogP contribution in [0.3, 0.4) is 0 Å². The van der Waals surface area contributed by atoms with E-state index >= 15 is 0 Å². The standard InChI is InChI=1S/C21H22FN3O2S/c1-15(17-6-4-3-5-7-17)12-19-23-24-21(27-19)28-14-20(26)25(2)13-16-8-10-18(22)11-9-16/h3-11,15H,12-14H2,1-2H3. The van der Waals surface area contributed by atoms with E-state index in [1.165, 1.54) is 29.5 Å². The van der Waals surface area contributed by atoms with Gasteiger partial charge < -0.3 is 9.32 Å². The molecule has 0 N–H and O–H groups in total. The molecular weight excluding hydrogens is 377 g/mol. The Morgan fingerprint density at radius 2 is 1.86 bits per heavy atom. The topological polar surface area (TPSA) is 59.2 Å². The lowest BCUT2D eigenvalue weighted by Gasteiger charge is -2.16. The molecule has 0 saturated heterocycles. The van der Waals surface area contributed by atoms with Crippen LogP contribution in [0.25, 0.3) is 0 Å². The van der Waals surface area contributed by atoms with Gasteiger partial charge in [0.05, 0.1) is 5.75 Å². The smallest absolute Gasteiger partial charge is 0.277 e. The monoisotopic (exact) mass is 399 g/mol. The van der Waals surface area contributed by atoms with E-state index in [1.54, 1.807) is 24.1 Å². The van der Waals surface area contributed by atoms with E-state index in [0.717, 1.165) is 5.56 Å². The molecule has 1 aromatic heterocycles. The zero-order valence-electron chi connectivity index (χ0n) is 15.8. The molecule has 5 nitrogen and oxygen atoms in total. The van der Waals surface area contributed by atoms with E-state index in [4.69, 9.17) is 4.42 Å². The Morgan fingerprint density at radius 1 is 1.14 bits per heavy atom. The van der Waals surface area contributed by atoms with E-state index < -0.39 is 0 Å². The number of amides is 1. The number of hydrogen-bond acceptors (Lipinski definition) is 5. The van der Waals surface area contributed by atoms with Crippen molar-refractivity contribution < 1.29 is 13.6 Å². The first-order valence-corrected chi connectivity index (χ1v) is 9.98. The Kier molecular flexibility index (Phi) is 6.81. The Balaban J connectivity index is 1.48. The van der Waals surface area contributed by atoms with Crippen LogP contribution in [0.4, 0.5) is 4.39 Å². The summed E-state index contributed by atoms with van der Waals surface area (Å²) in [5.41, 5.74) is 2.09. The molecule has 0 fully saturated rings. The van der Waals surface area contributed by atoms with Crippen molar-refractivity contribution in [2.75, 3.05) is 12.8 Å². The summed E-state index contributed by atoms with van der Waals surface area (Å²) in [6.45, 7) is 2.53. The maximum atomic E-state index is 13.0. The normalized spacial score (nSPS) is 12.0. The van der Waals surface area contributed by atoms with Gasteiger partial charge in [0.2, 0.25) is 11.8 Å². The quantitative estimate of drug-likeness (QED) is 0.529. The Bertz CT molecular complexity index is 900. The van der Waals surface area contributed by atoms with Gasteiger partial charge in [0.1, 0.15) is 5.82 Å². The van der Waals surface area contributed by atoms with Gasteiger partial charge in [-0.25, -0.2) is 4.39 Å². The lowest BCUT2D eigenvalue weighted by molar-refractivity contribution is -0.127. The van der Waals surface area contributed by atoms with Gasteiger partial charge in [0, 0.05) is 20.0 Å². The summed E-state index contributed by atoms with van der Waals surface area (Å²) < 4.78 is 18.6. The number of aromatic nitrogens is 2. The Morgan fingerprint density at radius 3 is 2.57 bits per heavy atom. The van der Waals surface area contributed by atoms with Crippen LogP contribution in [-0.2, 0) is 17.8 Å². The average Bonchev–Trinajstić information content (AvgIpc) is 3.15. The second-order valence-electron chi connectivity index (χ2n) is 6.64. The number of nitrogens with zero attached hydrogens (tertiary/aromatic N) is 3. The molecule has 0 aliphatic rings. The number of benzene rings is 2. The lowest BCUT2D eigenvalue weighted by Crippen LogP contribution is -2.27. The van der Waals surface area contributed by atoms with E-state index in [9.17, 15) is 9.18 Å². The minimum Gasteiger partial charge on any atom is -0.416 e. The highest BCUT2D eigenvalue weighted by Crippen LogP contribution is 2.22. The molecule has 3 aromatic rings. The number of thioether (sulfide) groups is 1. The third-order valence-corrected chi connectivity index (χ3v) is 5.18. The van der Waals surface area contributed by atoms with Gasteiger partial charge >= 0.3 is 0 Å². The SMILES string of the molecule is CC(Cc1nnc(SCC(=O)N(C)Cc2ccc(F)cc2)o1)c1ccccc1. The maximum absolute atomic E-state index is 13.0. The molecule has 0 aliphatic heterocycles. The molecular formula is C21H22FN3O2S. The third-order valence-electron chi connectivity index (χ3n) is 4.38. The summed E-state index contributed by atoms with van der Waals surface area (Å²) >= 11 is 1.22. The van der Waals surface area contributed by atoms with Crippen LogP contribution in [0.2, 0.25) is 0 Å². The Hall–Kier alpha value is -2.67. The number of rotatable bonds is 8. The first-order chi connectivity index (χ1) is 13.5. The van der Waals surface area contributed by atoms with Crippen LogP contribution in [0.5, 0.6) is 0 Å². The zero-order chi connectivity index (χ0) is 19.9. The van der Waals surface area contributed by atoms with E-state index in [1.807, 2.05) is 18.2 Å². The average molecular weight is 399 g/mol. The second kappa shape index (κ2) is 9.50. The molecule has 28 heavy (non-hydrogen) atoms. The number of halogens is 1. The molecule has 1 heterocycles. The van der Waals surface area contributed by atoms with Gasteiger partial charge in [0.25, 0.3) is 5.22 Å². The van der Waals surface area contributed by atoms with Crippen molar-refractivity contribution in [1.29, 1.82) is 0 Å². The maximum Gasteiger partial charge on any atom is 0.277 e.